The van der Waals surface area contributed by atoms with E-state index >= 15 is 0 Å². The van der Waals surface area contributed by atoms with Crippen molar-refractivity contribution in [2.45, 2.75) is 0 Å². The monoisotopic (exact) mass is 288 g/mol. The summed E-state index contributed by atoms with van der Waals surface area (Å²) in [5.41, 5.74) is 1.11. The van der Waals surface area contributed by atoms with Crippen LogP contribution in [-0.4, -0.2) is 22.4 Å². The Morgan fingerprint density at radius 1 is 1.30 bits per heavy atom. The van der Waals surface area contributed by atoms with Gasteiger partial charge in [-0.15, -0.1) is 6.58 Å². The van der Waals surface area contributed by atoms with Crippen LogP contribution in [0.25, 0.3) is 0 Å². The maximum absolute atomic E-state index is 11.8. The predicted molar refractivity (Wildman–Crippen MR) is 79.3 cm³/mol. The van der Waals surface area contributed by atoms with Crippen molar-refractivity contribution in [3.8, 4) is 0 Å². The van der Waals surface area contributed by atoms with E-state index in [9.17, 15) is 4.79 Å². The normalized spacial score (nSPS) is 9.85. The Kier molecular flexibility index (Phi) is 4.68. The average Bonchev–Trinajstić information content (AvgIpc) is 2.47. The smallest absolute Gasteiger partial charge is 0.270 e. The molecule has 6 heteroatoms. The number of carbonyl (C=O) groups excluding carboxylic acids is 1. The van der Waals surface area contributed by atoms with Gasteiger partial charge in [-0.2, -0.15) is 0 Å². The molecule has 1 aromatic carbocycles. The summed E-state index contributed by atoms with van der Waals surface area (Å²) in [5, 5.41) is 6.38. The van der Waals surface area contributed by atoms with Gasteiger partial charge in [-0.25, -0.2) is 9.97 Å². The Morgan fingerprint density at radius 2 is 2.05 bits per heavy atom. The second-order valence-electron chi connectivity index (χ2n) is 3.92. The number of rotatable bonds is 5. The van der Waals surface area contributed by atoms with Crippen molar-refractivity contribution in [2.75, 3.05) is 11.9 Å². The number of nitrogens with one attached hydrogen (secondary N) is 2. The highest BCUT2D eigenvalue weighted by Gasteiger charge is 2.07. The Hall–Kier alpha value is -2.40. The summed E-state index contributed by atoms with van der Waals surface area (Å²) in [4.78, 5) is 19.8. The van der Waals surface area contributed by atoms with Gasteiger partial charge in [0.25, 0.3) is 5.91 Å². The van der Waals surface area contributed by atoms with Crippen LogP contribution in [0.2, 0.25) is 5.02 Å². The van der Waals surface area contributed by atoms with E-state index in [0.29, 0.717) is 23.1 Å². The summed E-state index contributed by atoms with van der Waals surface area (Å²) in [5.74, 6) is 0.262. The number of nitrogens with zero attached hydrogens (tertiary/aromatic N) is 2. The van der Waals surface area contributed by atoms with Crippen LogP contribution in [0, 0.1) is 0 Å². The molecule has 1 heterocycles. The molecular formula is C14H13ClN4O. The molecule has 0 atom stereocenters. The Morgan fingerprint density at radius 3 is 2.75 bits per heavy atom. The molecule has 5 nitrogen and oxygen atoms in total. The van der Waals surface area contributed by atoms with Crippen LogP contribution in [0.15, 0.2) is 49.3 Å². The summed E-state index contributed by atoms with van der Waals surface area (Å²) in [6.45, 7) is 3.93. The van der Waals surface area contributed by atoms with Crippen molar-refractivity contribution in [1.82, 2.24) is 15.3 Å². The maximum atomic E-state index is 11.8. The van der Waals surface area contributed by atoms with E-state index in [-0.39, 0.29) is 5.91 Å². The van der Waals surface area contributed by atoms with Crippen molar-refractivity contribution in [3.05, 3.63) is 60.0 Å². The molecule has 0 radical (unpaired) electrons. The summed E-state index contributed by atoms with van der Waals surface area (Å²) in [7, 11) is 0. The number of amides is 1. The maximum Gasteiger partial charge on any atom is 0.270 e. The standard InChI is InChI=1S/C14H13ClN4O/c1-2-7-16-14(20)12-8-13(18-9-17-12)19-11-5-3-10(15)4-6-11/h2-6,8-9H,1,7H2,(H,16,20)(H,17,18,19). The average molecular weight is 289 g/mol. The summed E-state index contributed by atoms with van der Waals surface area (Å²) in [6.07, 6.45) is 2.94. The summed E-state index contributed by atoms with van der Waals surface area (Å²) < 4.78 is 0. The number of halogens is 1. The SMILES string of the molecule is C=CCNC(=O)c1cc(Nc2ccc(Cl)cc2)ncn1. The second kappa shape index (κ2) is 6.68. The number of carbonyl (C=O) groups is 1. The van der Waals surface area contributed by atoms with E-state index in [1.54, 1.807) is 24.3 Å². The van der Waals surface area contributed by atoms with Crippen LogP contribution < -0.4 is 10.6 Å². The third kappa shape index (κ3) is 3.80. The van der Waals surface area contributed by atoms with E-state index < -0.39 is 0 Å². The number of anilines is 2. The number of benzene rings is 1. The lowest BCUT2D eigenvalue weighted by atomic mass is 10.3. The molecule has 1 amide bonds. The molecule has 0 unspecified atom stereocenters. The summed E-state index contributed by atoms with van der Waals surface area (Å²) in [6, 6.07) is 8.75. The predicted octanol–water partition coefficient (Wildman–Crippen LogP) is 2.79. The fourth-order valence-corrected chi connectivity index (χ4v) is 1.61. The minimum absolute atomic E-state index is 0.272. The number of aromatic nitrogens is 2. The molecule has 0 spiro atoms. The van der Waals surface area contributed by atoms with Gasteiger partial charge in [-0.05, 0) is 24.3 Å². The van der Waals surface area contributed by atoms with Gasteiger partial charge in [0.2, 0.25) is 0 Å². The van der Waals surface area contributed by atoms with Crippen molar-refractivity contribution >= 4 is 29.0 Å². The van der Waals surface area contributed by atoms with E-state index in [4.69, 9.17) is 11.6 Å². The molecule has 0 aliphatic heterocycles. The topological polar surface area (TPSA) is 66.9 Å². The molecule has 0 saturated heterocycles. The zero-order chi connectivity index (χ0) is 14.4. The first-order chi connectivity index (χ1) is 9.69. The minimum atomic E-state index is -0.272. The lowest BCUT2D eigenvalue weighted by Gasteiger charge is -2.07. The van der Waals surface area contributed by atoms with Crippen molar-refractivity contribution in [1.29, 1.82) is 0 Å². The Bertz CT molecular complexity index is 613. The van der Waals surface area contributed by atoms with Gasteiger partial charge in [-0.1, -0.05) is 17.7 Å². The Labute approximate surface area is 121 Å². The van der Waals surface area contributed by atoms with Gasteiger partial charge >= 0.3 is 0 Å². The van der Waals surface area contributed by atoms with E-state index in [2.05, 4.69) is 27.2 Å². The molecule has 2 rings (SSSR count). The van der Waals surface area contributed by atoms with Crippen molar-refractivity contribution in [2.24, 2.45) is 0 Å². The van der Waals surface area contributed by atoms with Gasteiger partial charge in [0.15, 0.2) is 0 Å². The molecule has 0 saturated carbocycles. The molecule has 1 aromatic heterocycles. The van der Waals surface area contributed by atoms with Crippen molar-refractivity contribution in [3.63, 3.8) is 0 Å². The third-order valence-electron chi connectivity index (χ3n) is 2.42. The van der Waals surface area contributed by atoms with Crippen LogP contribution >= 0.6 is 11.6 Å². The molecular weight excluding hydrogens is 276 g/mol. The van der Waals surface area contributed by atoms with Crippen LogP contribution in [0.1, 0.15) is 10.5 Å². The molecule has 2 N–H and O–H groups in total. The van der Waals surface area contributed by atoms with Gasteiger partial charge in [-0.3, -0.25) is 4.79 Å². The Balaban J connectivity index is 2.11. The lowest BCUT2D eigenvalue weighted by molar-refractivity contribution is 0.0953. The third-order valence-corrected chi connectivity index (χ3v) is 2.68. The van der Waals surface area contributed by atoms with Crippen LogP contribution in [-0.2, 0) is 0 Å². The van der Waals surface area contributed by atoms with Crippen LogP contribution in [0.3, 0.4) is 0 Å². The summed E-state index contributed by atoms with van der Waals surface area (Å²) >= 11 is 5.82. The quantitative estimate of drug-likeness (QED) is 0.830. The van der Waals surface area contributed by atoms with Gasteiger partial charge < -0.3 is 10.6 Å². The number of hydrogen-bond acceptors (Lipinski definition) is 4. The fraction of sp³-hybridized carbons (Fsp3) is 0.0714. The largest absolute Gasteiger partial charge is 0.347 e. The fourth-order valence-electron chi connectivity index (χ4n) is 1.49. The molecule has 0 bridgehead atoms. The highest BCUT2D eigenvalue weighted by molar-refractivity contribution is 6.30. The highest BCUT2D eigenvalue weighted by Crippen LogP contribution is 2.17. The lowest BCUT2D eigenvalue weighted by Crippen LogP contribution is -2.24. The first kappa shape index (κ1) is 14.0. The minimum Gasteiger partial charge on any atom is -0.347 e. The zero-order valence-electron chi connectivity index (χ0n) is 10.6. The molecule has 2 aromatic rings. The van der Waals surface area contributed by atoms with E-state index in [1.165, 1.54) is 6.33 Å². The van der Waals surface area contributed by atoms with Gasteiger partial charge in [0.1, 0.15) is 17.8 Å². The van der Waals surface area contributed by atoms with E-state index in [1.807, 2.05) is 12.1 Å². The first-order valence-electron chi connectivity index (χ1n) is 5.93. The van der Waals surface area contributed by atoms with E-state index in [0.717, 1.165) is 5.69 Å². The molecule has 0 aliphatic rings. The first-order valence-corrected chi connectivity index (χ1v) is 6.30. The molecule has 20 heavy (non-hydrogen) atoms. The van der Waals surface area contributed by atoms with Gasteiger partial charge in [0.05, 0.1) is 0 Å². The van der Waals surface area contributed by atoms with Gasteiger partial charge in [0, 0.05) is 23.3 Å². The van der Waals surface area contributed by atoms with Crippen LogP contribution in [0.4, 0.5) is 11.5 Å². The molecule has 0 fully saturated rings. The van der Waals surface area contributed by atoms with Crippen molar-refractivity contribution < 1.29 is 4.79 Å². The zero-order valence-corrected chi connectivity index (χ0v) is 11.4. The van der Waals surface area contributed by atoms with Crippen LogP contribution in [0.5, 0.6) is 0 Å². The second-order valence-corrected chi connectivity index (χ2v) is 4.36. The number of hydrogen-bond donors (Lipinski definition) is 2. The highest BCUT2D eigenvalue weighted by atomic mass is 35.5. The molecule has 102 valence electrons. The molecule has 0 aliphatic carbocycles.